The number of benzene rings is 1. The number of piperazine rings is 1. The smallest absolute Gasteiger partial charge is 0.103 e. The molecule has 0 amide bonds. The lowest BCUT2D eigenvalue weighted by atomic mass is 10.1. The molecule has 1 aliphatic heterocycles. The van der Waals surface area contributed by atoms with Gasteiger partial charge in [-0.25, -0.2) is 0 Å². The lowest BCUT2D eigenvalue weighted by molar-refractivity contribution is 0.275. The fourth-order valence-corrected chi connectivity index (χ4v) is 2.80. The van der Waals surface area contributed by atoms with Gasteiger partial charge in [-0.15, -0.1) is 0 Å². The van der Waals surface area contributed by atoms with E-state index in [4.69, 9.17) is 0 Å². The van der Waals surface area contributed by atoms with Crippen LogP contribution in [0.2, 0.25) is 0 Å². The van der Waals surface area contributed by atoms with Gasteiger partial charge >= 0.3 is 0 Å². The normalized spacial score (nSPS) is 21.3. The molecule has 0 aliphatic carbocycles. The third kappa shape index (κ3) is 2.46. The average Bonchev–Trinajstić information content (AvgIpc) is 2.29. The summed E-state index contributed by atoms with van der Waals surface area (Å²) in [6.07, 6.45) is 0. The lowest BCUT2D eigenvalue weighted by Gasteiger charge is -2.40. The van der Waals surface area contributed by atoms with Crippen molar-refractivity contribution in [1.29, 1.82) is 5.26 Å². The highest BCUT2D eigenvalue weighted by atomic mass is 79.9. The summed E-state index contributed by atoms with van der Waals surface area (Å²) < 4.78 is 0.878. The summed E-state index contributed by atoms with van der Waals surface area (Å²) in [6, 6.07) is 8.67. The highest BCUT2D eigenvalue weighted by molar-refractivity contribution is 9.10. The molecule has 0 N–H and O–H groups in total. The van der Waals surface area contributed by atoms with Gasteiger partial charge in [0.1, 0.15) is 6.07 Å². The van der Waals surface area contributed by atoms with Crippen LogP contribution >= 0.6 is 15.9 Å². The zero-order valence-corrected chi connectivity index (χ0v) is 11.7. The molecule has 0 bridgehead atoms. The maximum atomic E-state index is 9.25. The van der Waals surface area contributed by atoms with Crippen molar-refractivity contribution in [1.82, 2.24) is 4.90 Å². The van der Waals surface area contributed by atoms with Crippen molar-refractivity contribution in [2.45, 2.75) is 13.0 Å². The van der Waals surface area contributed by atoms with Gasteiger partial charge in [0, 0.05) is 30.1 Å². The maximum Gasteiger partial charge on any atom is 0.103 e. The summed E-state index contributed by atoms with van der Waals surface area (Å²) in [5.74, 6) is 0. The van der Waals surface area contributed by atoms with Crippen molar-refractivity contribution < 1.29 is 0 Å². The van der Waals surface area contributed by atoms with Crippen LogP contribution in [-0.2, 0) is 0 Å². The summed E-state index contributed by atoms with van der Waals surface area (Å²) in [4.78, 5) is 4.65. The highest BCUT2D eigenvalue weighted by Crippen LogP contribution is 2.29. The van der Waals surface area contributed by atoms with E-state index in [1.54, 1.807) is 0 Å². The van der Waals surface area contributed by atoms with E-state index in [2.05, 4.69) is 45.8 Å². The second-order valence-electron chi connectivity index (χ2n) is 4.55. The molecule has 0 radical (unpaired) electrons. The fourth-order valence-electron chi connectivity index (χ4n) is 2.36. The molecule has 3 nitrogen and oxygen atoms in total. The molecule has 1 atom stereocenters. The van der Waals surface area contributed by atoms with E-state index in [9.17, 15) is 5.26 Å². The van der Waals surface area contributed by atoms with Crippen LogP contribution in [0.3, 0.4) is 0 Å². The zero-order valence-electron chi connectivity index (χ0n) is 10.2. The second-order valence-corrected chi connectivity index (χ2v) is 5.40. The van der Waals surface area contributed by atoms with Crippen LogP contribution in [0, 0.1) is 11.3 Å². The van der Waals surface area contributed by atoms with Crippen LogP contribution in [0.15, 0.2) is 22.7 Å². The SMILES string of the molecule is CC1CN(C)CCN1c1cccc(Br)c1C#N. The molecule has 1 aromatic rings. The number of likely N-dealkylation sites (N-methyl/N-ethyl adjacent to an activating group) is 1. The number of hydrogen-bond acceptors (Lipinski definition) is 3. The summed E-state index contributed by atoms with van der Waals surface area (Å²) in [5, 5.41) is 9.25. The third-order valence-corrected chi connectivity index (χ3v) is 3.90. The standard InChI is InChI=1S/C13H16BrN3/c1-10-9-16(2)6-7-17(10)13-5-3-4-12(14)11(13)8-15/h3-5,10H,6-7,9H2,1-2H3. The van der Waals surface area contributed by atoms with Crippen molar-refractivity contribution in [3.63, 3.8) is 0 Å². The van der Waals surface area contributed by atoms with E-state index < -0.39 is 0 Å². The topological polar surface area (TPSA) is 30.3 Å². The molecule has 90 valence electrons. The number of nitriles is 1. The summed E-state index contributed by atoms with van der Waals surface area (Å²) in [5.41, 5.74) is 1.78. The number of halogens is 1. The molecule has 17 heavy (non-hydrogen) atoms. The minimum Gasteiger partial charge on any atom is -0.365 e. The molecule has 1 fully saturated rings. The largest absolute Gasteiger partial charge is 0.365 e. The first-order valence-corrected chi connectivity index (χ1v) is 6.56. The molecule has 0 saturated carbocycles. The van der Waals surface area contributed by atoms with E-state index >= 15 is 0 Å². The Labute approximate surface area is 111 Å². The Morgan fingerprint density at radius 3 is 2.82 bits per heavy atom. The first-order chi connectivity index (χ1) is 8.13. The van der Waals surface area contributed by atoms with E-state index in [1.165, 1.54) is 0 Å². The Morgan fingerprint density at radius 1 is 1.41 bits per heavy atom. The average molecular weight is 294 g/mol. The van der Waals surface area contributed by atoms with Crippen molar-refractivity contribution in [3.8, 4) is 6.07 Å². The van der Waals surface area contributed by atoms with Crippen molar-refractivity contribution in [2.24, 2.45) is 0 Å². The van der Waals surface area contributed by atoms with Crippen molar-refractivity contribution >= 4 is 21.6 Å². The van der Waals surface area contributed by atoms with Gasteiger partial charge in [-0.05, 0) is 42.0 Å². The Morgan fingerprint density at radius 2 is 2.18 bits per heavy atom. The van der Waals surface area contributed by atoms with Crippen molar-refractivity contribution in [3.05, 3.63) is 28.2 Å². The van der Waals surface area contributed by atoms with Crippen LogP contribution in [0.1, 0.15) is 12.5 Å². The highest BCUT2D eigenvalue weighted by Gasteiger charge is 2.24. The first-order valence-electron chi connectivity index (χ1n) is 5.77. The molecule has 1 heterocycles. The summed E-state index contributed by atoms with van der Waals surface area (Å²) >= 11 is 3.45. The molecular weight excluding hydrogens is 278 g/mol. The maximum absolute atomic E-state index is 9.25. The second kappa shape index (κ2) is 5.07. The van der Waals surface area contributed by atoms with E-state index in [1.807, 2.05) is 18.2 Å². The molecule has 4 heteroatoms. The predicted octanol–water partition coefficient (Wildman–Crippen LogP) is 2.46. The number of rotatable bonds is 1. The molecular formula is C13H16BrN3. The van der Waals surface area contributed by atoms with Crippen LogP contribution < -0.4 is 4.90 Å². The van der Waals surface area contributed by atoms with Crippen LogP contribution in [-0.4, -0.2) is 37.6 Å². The monoisotopic (exact) mass is 293 g/mol. The Hall–Kier alpha value is -1.05. The summed E-state index contributed by atoms with van der Waals surface area (Å²) in [7, 11) is 2.14. The van der Waals surface area contributed by atoms with Gasteiger partial charge in [-0.2, -0.15) is 5.26 Å². The number of nitrogens with zero attached hydrogens (tertiary/aromatic N) is 3. The quantitative estimate of drug-likeness (QED) is 0.797. The van der Waals surface area contributed by atoms with Gasteiger partial charge < -0.3 is 9.80 Å². The van der Waals surface area contributed by atoms with Crippen molar-refractivity contribution in [2.75, 3.05) is 31.6 Å². The van der Waals surface area contributed by atoms with E-state index in [-0.39, 0.29) is 0 Å². The van der Waals surface area contributed by atoms with Crippen LogP contribution in [0.5, 0.6) is 0 Å². The van der Waals surface area contributed by atoms with Gasteiger partial charge in [0.25, 0.3) is 0 Å². The zero-order chi connectivity index (χ0) is 12.4. The van der Waals surface area contributed by atoms with Gasteiger partial charge in [-0.1, -0.05) is 6.07 Å². The molecule has 1 saturated heterocycles. The van der Waals surface area contributed by atoms with Gasteiger partial charge in [-0.3, -0.25) is 0 Å². The number of hydrogen-bond donors (Lipinski definition) is 0. The van der Waals surface area contributed by atoms with E-state index in [0.717, 1.165) is 35.4 Å². The number of anilines is 1. The van der Waals surface area contributed by atoms with Crippen LogP contribution in [0.25, 0.3) is 0 Å². The van der Waals surface area contributed by atoms with Gasteiger partial charge in [0.15, 0.2) is 0 Å². The van der Waals surface area contributed by atoms with Gasteiger partial charge in [0.05, 0.1) is 11.3 Å². The van der Waals surface area contributed by atoms with E-state index in [0.29, 0.717) is 6.04 Å². The predicted molar refractivity (Wildman–Crippen MR) is 73.2 cm³/mol. The van der Waals surface area contributed by atoms with Crippen LogP contribution in [0.4, 0.5) is 5.69 Å². The minimum absolute atomic E-state index is 0.440. The summed E-state index contributed by atoms with van der Waals surface area (Å²) in [6.45, 7) is 5.26. The third-order valence-electron chi connectivity index (χ3n) is 3.24. The Bertz CT molecular complexity index is 452. The molecule has 1 aromatic carbocycles. The Balaban J connectivity index is 2.35. The molecule has 1 aliphatic rings. The fraction of sp³-hybridized carbons (Fsp3) is 0.462. The first kappa shape index (κ1) is 12.4. The van der Waals surface area contributed by atoms with Gasteiger partial charge in [0.2, 0.25) is 0 Å². The molecule has 1 unspecified atom stereocenters. The minimum atomic E-state index is 0.440. The molecule has 0 spiro atoms. The molecule has 0 aromatic heterocycles. The molecule has 2 rings (SSSR count). The lowest BCUT2D eigenvalue weighted by Crippen LogP contribution is -2.50. The Kier molecular flexibility index (Phi) is 3.70.